The van der Waals surface area contributed by atoms with Crippen LogP contribution in [0.2, 0.25) is 0 Å². The summed E-state index contributed by atoms with van der Waals surface area (Å²) >= 11 is 0. The molecule has 2 aromatic carbocycles. The van der Waals surface area contributed by atoms with E-state index in [1.54, 1.807) is 43.3 Å². The number of hydrogen-bond acceptors (Lipinski definition) is 3. The minimum absolute atomic E-state index is 0.155. The summed E-state index contributed by atoms with van der Waals surface area (Å²) in [6.45, 7) is 1.79. The van der Waals surface area contributed by atoms with Crippen LogP contribution in [0.3, 0.4) is 0 Å². The Balaban J connectivity index is 2.15. The number of benzene rings is 2. The van der Waals surface area contributed by atoms with Crippen molar-refractivity contribution in [2.24, 2.45) is 5.73 Å². The molecule has 4 heteroatoms. The molecule has 0 heterocycles. The van der Waals surface area contributed by atoms with Gasteiger partial charge >= 0.3 is 0 Å². The molecule has 2 rings (SSSR count). The highest BCUT2D eigenvalue weighted by Crippen LogP contribution is 2.26. The third-order valence-corrected chi connectivity index (χ3v) is 2.92. The molecular formula is C16H15FN2O. The Kier molecular flexibility index (Phi) is 4.34. The normalized spacial score (nSPS) is 11.7. The van der Waals surface area contributed by atoms with Crippen molar-refractivity contribution in [3.8, 4) is 17.6 Å². The maximum atomic E-state index is 13.9. The van der Waals surface area contributed by atoms with Crippen molar-refractivity contribution < 1.29 is 9.13 Å². The fraction of sp³-hybridized carbons (Fsp3) is 0.188. The molecule has 0 bridgehead atoms. The van der Waals surface area contributed by atoms with Crippen LogP contribution in [0, 0.1) is 17.1 Å². The van der Waals surface area contributed by atoms with Crippen LogP contribution in [0.25, 0.3) is 0 Å². The molecule has 0 aliphatic rings. The molecule has 20 heavy (non-hydrogen) atoms. The number of rotatable bonds is 4. The van der Waals surface area contributed by atoms with Crippen LogP contribution in [-0.2, 0) is 6.42 Å². The summed E-state index contributed by atoms with van der Waals surface area (Å²) in [4.78, 5) is 0. The Labute approximate surface area is 117 Å². The Morgan fingerprint density at radius 1 is 1.25 bits per heavy atom. The number of ether oxygens (including phenoxy) is 1. The second kappa shape index (κ2) is 6.18. The summed E-state index contributed by atoms with van der Waals surface area (Å²) in [7, 11) is 0. The number of hydrogen-bond donors (Lipinski definition) is 1. The minimum atomic E-state index is -0.444. The first-order valence-corrected chi connectivity index (χ1v) is 6.29. The lowest BCUT2D eigenvalue weighted by atomic mass is 10.1. The fourth-order valence-corrected chi connectivity index (χ4v) is 1.78. The zero-order chi connectivity index (χ0) is 14.5. The average Bonchev–Trinajstić information content (AvgIpc) is 2.43. The summed E-state index contributed by atoms with van der Waals surface area (Å²) in [6, 6.07) is 13.5. The van der Waals surface area contributed by atoms with Gasteiger partial charge < -0.3 is 10.5 Å². The third-order valence-electron chi connectivity index (χ3n) is 2.92. The van der Waals surface area contributed by atoms with Crippen molar-refractivity contribution in [3.05, 3.63) is 59.4 Å². The summed E-state index contributed by atoms with van der Waals surface area (Å²) in [5, 5.41) is 8.59. The lowest BCUT2D eigenvalue weighted by Gasteiger charge is -2.10. The lowest BCUT2D eigenvalue weighted by molar-refractivity contribution is 0.441. The smallest absolute Gasteiger partial charge is 0.166 e. The van der Waals surface area contributed by atoms with Crippen LogP contribution in [0.5, 0.6) is 11.5 Å². The van der Waals surface area contributed by atoms with E-state index in [-0.39, 0.29) is 11.8 Å². The van der Waals surface area contributed by atoms with Crippen molar-refractivity contribution in [1.82, 2.24) is 0 Å². The Hall–Kier alpha value is -2.38. The molecule has 0 amide bonds. The molecule has 0 saturated carbocycles. The van der Waals surface area contributed by atoms with Gasteiger partial charge in [0.1, 0.15) is 5.75 Å². The van der Waals surface area contributed by atoms with Crippen LogP contribution in [0.1, 0.15) is 24.1 Å². The van der Waals surface area contributed by atoms with Gasteiger partial charge in [0, 0.05) is 6.04 Å². The molecule has 0 spiro atoms. The highest BCUT2D eigenvalue weighted by Gasteiger charge is 2.08. The van der Waals surface area contributed by atoms with Crippen molar-refractivity contribution in [2.75, 3.05) is 0 Å². The van der Waals surface area contributed by atoms with E-state index in [1.807, 2.05) is 0 Å². The van der Waals surface area contributed by atoms with E-state index in [2.05, 4.69) is 6.07 Å². The molecule has 0 unspecified atom stereocenters. The van der Waals surface area contributed by atoms with E-state index in [9.17, 15) is 4.39 Å². The first-order valence-electron chi connectivity index (χ1n) is 6.29. The monoisotopic (exact) mass is 270 g/mol. The molecule has 102 valence electrons. The summed E-state index contributed by atoms with van der Waals surface area (Å²) in [5.41, 5.74) is 7.31. The van der Waals surface area contributed by atoms with Crippen LogP contribution in [-0.4, -0.2) is 0 Å². The molecule has 2 aromatic rings. The summed E-state index contributed by atoms with van der Waals surface area (Å²) in [6.07, 6.45) is 0.345. The van der Waals surface area contributed by atoms with E-state index in [1.165, 1.54) is 6.07 Å². The number of nitriles is 1. The Bertz CT molecular complexity index is 630. The predicted octanol–water partition coefficient (Wildman–Crippen LogP) is 3.70. The standard InChI is InChI=1S/C16H15FN2O/c1-11(19)13-4-7-16(15(17)10-13)20-14-5-2-12(3-6-14)8-9-18/h2-7,10-11H,8,19H2,1H3/t11-/m0/s1. The van der Waals surface area contributed by atoms with Gasteiger partial charge in [-0.2, -0.15) is 5.26 Å². The van der Waals surface area contributed by atoms with E-state index >= 15 is 0 Å². The topological polar surface area (TPSA) is 59.0 Å². The van der Waals surface area contributed by atoms with Crippen LogP contribution < -0.4 is 10.5 Å². The number of nitrogens with zero attached hydrogens (tertiary/aromatic N) is 1. The lowest BCUT2D eigenvalue weighted by Crippen LogP contribution is -2.05. The van der Waals surface area contributed by atoms with Crippen molar-refractivity contribution >= 4 is 0 Å². The van der Waals surface area contributed by atoms with Gasteiger partial charge in [-0.3, -0.25) is 0 Å². The highest BCUT2D eigenvalue weighted by molar-refractivity contribution is 5.36. The van der Waals surface area contributed by atoms with E-state index in [0.717, 1.165) is 11.1 Å². The van der Waals surface area contributed by atoms with Crippen LogP contribution in [0.4, 0.5) is 4.39 Å². The number of nitrogens with two attached hydrogens (primary N) is 1. The third kappa shape index (κ3) is 3.34. The number of halogens is 1. The predicted molar refractivity (Wildman–Crippen MR) is 74.8 cm³/mol. The Morgan fingerprint density at radius 2 is 1.95 bits per heavy atom. The largest absolute Gasteiger partial charge is 0.454 e. The quantitative estimate of drug-likeness (QED) is 0.921. The van der Waals surface area contributed by atoms with Gasteiger partial charge in [-0.05, 0) is 42.3 Å². The van der Waals surface area contributed by atoms with E-state index in [4.69, 9.17) is 15.7 Å². The highest BCUT2D eigenvalue weighted by atomic mass is 19.1. The van der Waals surface area contributed by atoms with Gasteiger partial charge in [-0.25, -0.2) is 4.39 Å². The zero-order valence-electron chi connectivity index (χ0n) is 11.1. The molecule has 0 aliphatic heterocycles. The molecule has 1 atom stereocenters. The van der Waals surface area contributed by atoms with Gasteiger partial charge in [-0.15, -0.1) is 0 Å². The van der Waals surface area contributed by atoms with Gasteiger partial charge in [0.05, 0.1) is 12.5 Å². The average molecular weight is 270 g/mol. The van der Waals surface area contributed by atoms with Crippen LogP contribution in [0.15, 0.2) is 42.5 Å². The molecule has 0 aromatic heterocycles. The van der Waals surface area contributed by atoms with Gasteiger partial charge in [0.15, 0.2) is 11.6 Å². The molecular weight excluding hydrogens is 255 g/mol. The molecule has 0 radical (unpaired) electrons. The van der Waals surface area contributed by atoms with Gasteiger partial charge in [0.2, 0.25) is 0 Å². The maximum absolute atomic E-state index is 13.9. The van der Waals surface area contributed by atoms with Gasteiger partial charge in [0.25, 0.3) is 0 Å². The van der Waals surface area contributed by atoms with Crippen LogP contribution >= 0.6 is 0 Å². The van der Waals surface area contributed by atoms with E-state index in [0.29, 0.717) is 12.2 Å². The van der Waals surface area contributed by atoms with E-state index < -0.39 is 5.82 Å². The summed E-state index contributed by atoms with van der Waals surface area (Å²) < 4.78 is 19.4. The summed E-state index contributed by atoms with van der Waals surface area (Å²) in [5.74, 6) is 0.238. The second-order valence-electron chi connectivity index (χ2n) is 4.56. The van der Waals surface area contributed by atoms with Crippen molar-refractivity contribution in [2.45, 2.75) is 19.4 Å². The fourth-order valence-electron chi connectivity index (χ4n) is 1.78. The maximum Gasteiger partial charge on any atom is 0.166 e. The molecule has 0 fully saturated rings. The van der Waals surface area contributed by atoms with Gasteiger partial charge in [-0.1, -0.05) is 18.2 Å². The molecule has 0 aliphatic carbocycles. The molecule has 3 nitrogen and oxygen atoms in total. The minimum Gasteiger partial charge on any atom is -0.454 e. The molecule has 2 N–H and O–H groups in total. The SMILES string of the molecule is C[C@H](N)c1ccc(Oc2ccc(CC#N)cc2)c(F)c1. The second-order valence-corrected chi connectivity index (χ2v) is 4.56. The Morgan fingerprint density at radius 3 is 2.50 bits per heavy atom. The molecule has 0 saturated heterocycles. The first kappa shape index (κ1) is 14.0. The zero-order valence-corrected chi connectivity index (χ0v) is 11.1. The first-order chi connectivity index (χ1) is 9.60. The van der Waals surface area contributed by atoms with Crippen molar-refractivity contribution in [1.29, 1.82) is 5.26 Å². The van der Waals surface area contributed by atoms with Crippen molar-refractivity contribution in [3.63, 3.8) is 0 Å².